The van der Waals surface area contributed by atoms with E-state index in [9.17, 15) is 0 Å². The van der Waals surface area contributed by atoms with Gasteiger partial charge in [-0.2, -0.15) is 0 Å². The highest BCUT2D eigenvalue weighted by molar-refractivity contribution is 5.80. The van der Waals surface area contributed by atoms with Crippen molar-refractivity contribution < 1.29 is 4.74 Å². The van der Waals surface area contributed by atoms with Crippen molar-refractivity contribution in [3.8, 4) is 0 Å². The molecule has 0 unspecified atom stereocenters. The lowest BCUT2D eigenvalue weighted by molar-refractivity contribution is 0.0831. The molecule has 1 fully saturated rings. The van der Waals surface area contributed by atoms with Crippen LogP contribution in [-0.2, 0) is 11.8 Å². The molecule has 5 heteroatoms. The molecule has 0 aliphatic carbocycles. The van der Waals surface area contributed by atoms with Gasteiger partial charge in [0.05, 0.1) is 16.7 Å². The summed E-state index contributed by atoms with van der Waals surface area (Å²) in [6.07, 6.45) is 2.11. The molecule has 2 aromatic rings. The van der Waals surface area contributed by atoms with Gasteiger partial charge in [-0.05, 0) is 31.0 Å². The summed E-state index contributed by atoms with van der Waals surface area (Å²) in [5.41, 5.74) is 5.69. The summed E-state index contributed by atoms with van der Waals surface area (Å²) in [5.74, 6) is 7.09. The first-order chi connectivity index (χ1) is 8.79. The molecule has 0 atom stereocenters. The Morgan fingerprint density at radius 1 is 1.39 bits per heavy atom. The second kappa shape index (κ2) is 4.59. The van der Waals surface area contributed by atoms with Gasteiger partial charge >= 0.3 is 0 Å². The van der Waals surface area contributed by atoms with Gasteiger partial charge in [0.2, 0.25) is 0 Å². The van der Waals surface area contributed by atoms with E-state index in [1.807, 2.05) is 12.1 Å². The van der Waals surface area contributed by atoms with Crippen LogP contribution in [0.2, 0.25) is 0 Å². The number of imidazole rings is 1. The van der Waals surface area contributed by atoms with Crippen molar-refractivity contribution in [1.29, 1.82) is 0 Å². The Morgan fingerprint density at radius 2 is 2.17 bits per heavy atom. The predicted molar refractivity (Wildman–Crippen MR) is 71.3 cm³/mol. The zero-order valence-electron chi connectivity index (χ0n) is 10.5. The van der Waals surface area contributed by atoms with Gasteiger partial charge in [0, 0.05) is 26.2 Å². The second-order valence-corrected chi connectivity index (χ2v) is 4.76. The van der Waals surface area contributed by atoms with Crippen molar-refractivity contribution in [3.63, 3.8) is 0 Å². The molecule has 3 rings (SSSR count). The number of aromatic nitrogens is 2. The minimum absolute atomic E-state index is 0.505. The average molecular weight is 246 g/mol. The molecule has 1 aliphatic rings. The summed E-state index contributed by atoms with van der Waals surface area (Å²) >= 11 is 0. The molecule has 96 valence electrons. The smallest absolute Gasteiger partial charge is 0.112 e. The van der Waals surface area contributed by atoms with Crippen molar-refractivity contribution >= 4 is 16.7 Å². The van der Waals surface area contributed by atoms with Gasteiger partial charge in [0.15, 0.2) is 0 Å². The highest BCUT2D eigenvalue weighted by Crippen LogP contribution is 2.29. The van der Waals surface area contributed by atoms with Gasteiger partial charge in [0.1, 0.15) is 5.82 Å². The molecular formula is C13H18N4O. The third kappa shape index (κ3) is 1.85. The first-order valence-corrected chi connectivity index (χ1v) is 6.30. The van der Waals surface area contributed by atoms with E-state index in [2.05, 4.69) is 23.1 Å². The van der Waals surface area contributed by atoms with Crippen LogP contribution in [0.25, 0.3) is 11.0 Å². The number of nitrogens with zero attached hydrogens (tertiary/aromatic N) is 2. The number of nitrogens with one attached hydrogen (secondary N) is 1. The van der Waals surface area contributed by atoms with Gasteiger partial charge in [-0.1, -0.05) is 0 Å². The van der Waals surface area contributed by atoms with Crippen LogP contribution < -0.4 is 11.3 Å². The molecule has 2 heterocycles. The summed E-state index contributed by atoms with van der Waals surface area (Å²) in [6.45, 7) is 1.67. The fourth-order valence-electron chi connectivity index (χ4n) is 2.63. The Kier molecular flexibility index (Phi) is 2.93. The van der Waals surface area contributed by atoms with E-state index in [4.69, 9.17) is 15.6 Å². The van der Waals surface area contributed by atoms with E-state index in [0.29, 0.717) is 5.92 Å². The van der Waals surface area contributed by atoms with Gasteiger partial charge < -0.3 is 14.7 Å². The fourth-order valence-corrected chi connectivity index (χ4v) is 2.63. The molecule has 18 heavy (non-hydrogen) atoms. The number of nitrogen functional groups attached to an aromatic ring is 1. The number of nitrogens with two attached hydrogens (primary N) is 1. The number of rotatable bonds is 2. The van der Waals surface area contributed by atoms with Crippen LogP contribution >= 0.6 is 0 Å². The van der Waals surface area contributed by atoms with Crippen LogP contribution in [0.1, 0.15) is 24.6 Å². The molecule has 3 N–H and O–H groups in total. The van der Waals surface area contributed by atoms with Crippen molar-refractivity contribution in [3.05, 3.63) is 24.0 Å². The zero-order chi connectivity index (χ0) is 12.5. The van der Waals surface area contributed by atoms with Gasteiger partial charge in [-0.3, -0.25) is 5.84 Å². The van der Waals surface area contributed by atoms with Crippen LogP contribution in [0.4, 0.5) is 5.69 Å². The molecule has 1 aromatic carbocycles. The standard InChI is InChI=1S/C13H18N4O/c1-17-12-3-2-10(16-14)8-11(12)15-13(17)9-4-6-18-7-5-9/h2-3,8-9,16H,4-7,14H2,1H3. The van der Waals surface area contributed by atoms with E-state index >= 15 is 0 Å². The highest BCUT2D eigenvalue weighted by atomic mass is 16.5. The van der Waals surface area contributed by atoms with E-state index in [0.717, 1.165) is 48.6 Å². The summed E-state index contributed by atoms with van der Waals surface area (Å²) in [4.78, 5) is 4.76. The number of aryl methyl sites for hydroxylation is 1. The largest absolute Gasteiger partial charge is 0.381 e. The highest BCUT2D eigenvalue weighted by Gasteiger charge is 2.21. The molecule has 1 saturated heterocycles. The number of fused-ring (bicyclic) bond motifs is 1. The topological polar surface area (TPSA) is 65.1 Å². The van der Waals surface area contributed by atoms with Crippen LogP contribution in [0, 0.1) is 0 Å². The summed E-state index contributed by atoms with van der Waals surface area (Å²) in [5, 5.41) is 0. The Balaban J connectivity index is 2.04. The maximum absolute atomic E-state index is 5.43. The number of hydrazine groups is 1. The fraction of sp³-hybridized carbons (Fsp3) is 0.462. The molecule has 1 aliphatic heterocycles. The summed E-state index contributed by atoms with van der Waals surface area (Å²) < 4.78 is 7.59. The Hall–Kier alpha value is -1.59. The lowest BCUT2D eigenvalue weighted by Gasteiger charge is -2.21. The second-order valence-electron chi connectivity index (χ2n) is 4.76. The molecule has 0 saturated carbocycles. The van der Waals surface area contributed by atoms with Gasteiger partial charge in [0.25, 0.3) is 0 Å². The van der Waals surface area contributed by atoms with E-state index in [1.165, 1.54) is 0 Å². The van der Waals surface area contributed by atoms with Crippen LogP contribution in [-0.4, -0.2) is 22.8 Å². The van der Waals surface area contributed by atoms with Crippen LogP contribution in [0.15, 0.2) is 18.2 Å². The van der Waals surface area contributed by atoms with Crippen molar-refractivity contribution in [1.82, 2.24) is 9.55 Å². The normalized spacial score (nSPS) is 17.2. The Morgan fingerprint density at radius 3 is 2.89 bits per heavy atom. The lowest BCUT2D eigenvalue weighted by atomic mass is 9.99. The predicted octanol–water partition coefficient (Wildman–Crippen LogP) is 1.75. The summed E-state index contributed by atoms with van der Waals surface area (Å²) in [7, 11) is 2.08. The minimum atomic E-state index is 0.505. The lowest BCUT2D eigenvalue weighted by Crippen LogP contribution is -2.17. The number of hydrogen-bond acceptors (Lipinski definition) is 4. The third-order valence-corrected chi connectivity index (χ3v) is 3.67. The third-order valence-electron chi connectivity index (χ3n) is 3.67. The Labute approximate surface area is 106 Å². The average Bonchev–Trinajstić information content (AvgIpc) is 2.76. The number of hydrogen-bond donors (Lipinski definition) is 2. The van der Waals surface area contributed by atoms with E-state index in [1.54, 1.807) is 0 Å². The number of ether oxygens (including phenoxy) is 1. The molecule has 5 nitrogen and oxygen atoms in total. The summed E-state index contributed by atoms with van der Waals surface area (Å²) in [6, 6.07) is 6.01. The van der Waals surface area contributed by atoms with Crippen LogP contribution in [0.3, 0.4) is 0 Å². The van der Waals surface area contributed by atoms with E-state index < -0.39 is 0 Å². The maximum atomic E-state index is 5.43. The molecule has 0 bridgehead atoms. The minimum Gasteiger partial charge on any atom is -0.381 e. The number of benzene rings is 1. The van der Waals surface area contributed by atoms with Crippen molar-refractivity contribution in [2.24, 2.45) is 12.9 Å². The Bertz CT molecular complexity index is 557. The maximum Gasteiger partial charge on any atom is 0.112 e. The van der Waals surface area contributed by atoms with Gasteiger partial charge in [-0.15, -0.1) is 0 Å². The zero-order valence-corrected chi connectivity index (χ0v) is 10.5. The van der Waals surface area contributed by atoms with Gasteiger partial charge in [-0.25, -0.2) is 4.98 Å². The first kappa shape index (κ1) is 11.5. The first-order valence-electron chi connectivity index (χ1n) is 6.30. The molecule has 0 spiro atoms. The van der Waals surface area contributed by atoms with Crippen molar-refractivity contribution in [2.75, 3.05) is 18.6 Å². The quantitative estimate of drug-likeness (QED) is 0.626. The molecule has 0 amide bonds. The van der Waals surface area contributed by atoms with E-state index in [-0.39, 0.29) is 0 Å². The van der Waals surface area contributed by atoms with Crippen molar-refractivity contribution in [2.45, 2.75) is 18.8 Å². The number of anilines is 1. The van der Waals surface area contributed by atoms with Crippen LogP contribution in [0.5, 0.6) is 0 Å². The molecule has 1 aromatic heterocycles. The molecular weight excluding hydrogens is 228 g/mol. The molecule has 0 radical (unpaired) electrons. The monoisotopic (exact) mass is 246 g/mol. The SMILES string of the molecule is Cn1c(C2CCOCC2)nc2cc(NN)ccc21.